The molecule has 0 unspecified atom stereocenters. The van der Waals surface area contributed by atoms with Gasteiger partial charge in [0.2, 0.25) is 0 Å². The molecule has 0 spiro atoms. The molecule has 6 aromatic rings. The van der Waals surface area contributed by atoms with Gasteiger partial charge in [-0.15, -0.1) is 0 Å². The molecule has 0 atom stereocenters. The molecule has 0 aromatic heterocycles. The lowest BCUT2D eigenvalue weighted by Gasteiger charge is -2.27. The maximum absolute atomic E-state index is 10.8. The van der Waals surface area contributed by atoms with Gasteiger partial charge in [-0.3, -0.25) is 15.0 Å². The van der Waals surface area contributed by atoms with Crippen LogP contribution in [0.4, 0.5) is 17.1 Å². The summed E-state index contributed by atoms with van der Waals surface area (Å²) in [6.45, 7) is 38.1. The van der Waals surface area contributed by atoms with Crippen molar-refractivity contribution < 1.29 is 15.3 Å². The quantitative estimate of drug-likeness (QED) is 0.140. The van der Waals surface area contributed by atoms with Gasteiger partial charge >= 0.3 is 0 Å². The van der Waals surface area contributed by atoms with E-state index in [2.05, 4.69) is 176 Å². The Hall–Kier alpha value is -7.80. The lowest BCUT2D eigenvalue weighted by atomic mass is 9.79. The number of phenols is 3. The third-order valence-corrected chi connectivity index (χ3v) is 12.5. The van der Waals surface area contributed by atoms with Crippen LogP contribution in [0.1, 0.15) is 191 Å². The van der Waals surface area contributed by atoms with E-state index in [0.29, 0.717) is 50.4 Å². The molecular weight excluding hydrogens is 925 g/mol. The van der Waals surface area contributed by atoms with Crippen molar-refractivity contribution in [1.29, 1.82) is 15.8 Å². The molecule has 6 rings (SSSR count). The van der Waals surface area contributed by atoms with E-state index in [9.17, 15) is 31.1 Å². The molecule has 390 valence electrons. The van der Waals surface area contributed by atoms with Crippen LogP contribution in [0.2, 0.25) is 0 Å². The van der Waals surface area contributed by atoms with Gasteiger partial charge in [0.1, 0.15) is 35.5 Å². The zero-order valence-electron chi connectivity index (χ0n) is 47.6. The first-order valence-corrected chi connectivity index (χ1v) is 25.3. The minimum absolute atomic E-state index is 0.0408. The highest BCUT2D eigenvalue weighted by Gasteiger charge is 2.27. The summed E-state index contributed by atoms with van der Waals surface area (Å²) in [6.07, 6.45) is 4.95. The normalized spacial score (nSPS) is 12.4. The molecule has 3 N–H and O–H groups in total. The first-order valence-electron chi connectivity index (χ1n) is 25.3. The molecule has 0 saturated carbocycles. The molecule has 0 heterocycles. The van der Waals surface area contributed by atoms with E-state index in [4.69, 9.17) is 0 Å². The van der Waals surface area contributed by atoms with E-state index in [1.807, 2.05) is 54.6 Å². The van der Waals surface area contributed by atoms with Crippen LogP contribution >= 0.6 is 0 Å². The number of hydrogen-bond donors (Lipinski definition) is 3. The Kier molecular flexibility index (Phi) is 18.8. The molecule has 0 aliphatic heterocycles. The molecule has 0 radical (unpaired) electrons. The molecule has 9 heteroatoms. The molecular formula is C66H78N6O3. The summed E-state index contributed by atoms with van der Waals surface area (Å²) in [6, 6.07) is 40.2. The van der Waals surface area contributed by atoms with Gasteiger partial charge in [-0.1, -0.05) is 179 Å². The predicted molar refractivity (Wildman–Crippen MR) is 312 cm³/mol. The fraction of sp³-hybridized carbons (Fsp3) is 0.364. The first-order chi connectivity index (χ1) is 34.6. The number of aromatic hydroxyl groups is 3. The number of aliphatic imine (C=N–C) groups is 3. The van der Waals surface area contributed by atoms with Crippen molar-refractivity contribution in [3.63, 3.8) is 0 Å². The summed E-state index contributed by atoms with van der Waals surface area (Å²) in [7, 11) is 0. The van der Waals surface area contributed by atoms with Crippen LogP contribution in [0.25, 0.3) is 0 Å². The molecule has 0 amide bonds. The minimum atomic E-state index is -0.182. The largest absolute Gasteiger partial charge is 0.507 e. The molecule has 0 bridgehead atoms. The second-order valence-corrected chi connectivity index (χ2v) is 25.0. The Morgan fingerprint density at radius 3 is 0.733 bits per heavy atom. The SMILES string of the molecule is CC(C)(C)c1cc(C=Nc2ccccc2C#N)c(O)c(C(C)(C)C)c1.CC(C)(C)c1cc(C=Nc2ccccc2C#N)c(O)c(C(C)(C)C)c1.CC(C)(C)c1cc(C=Nc2ccccc2C#N)c(O)c(C(C)(C)C)c1. The first kappa shape index (κ1) is 59.8. The van der Waals surface area contributed by atoms with Crippen LogP contribution in [0, 0.1) is 34.0 Å². The van der Waals surface area contributed by atoms with E-state index in [-0.39, 0.29) is 49.7 Å². The lowest BCUT2D eigenvalue weighted by Crippen LogP contribution is -2.17. The second kappa shape index (κ2) is 23.6. The van der Waals surface area contributed by atoms with E-state index in [1.165, 1.54) is 0 Å². The highest BCUT2D eigenvalue weighted by atomic mass is 16.3. The van der Waals surface area contributed by atoms with Crippen LogP contribution in [-0.2, 0) is 32.5 Å². The highest BCUT2D eigenvalue weighted by molar-refractivity contribution is 5.89. The number of para-hydroxylation sites is 3. The van der Waals surface area contributed by atoms with E-state index < -0.39 is 0 Å². The third kappa shape index (κ3) is 16.1. The van der Waals surface area contributed by atoms with Crippen molar-refractivity contribution >= 4 is 35.7 Å². The number of nitrogens with zero attached hydrogens (tertiary/aromatic N) is 6. The van der Waals surface area contributed by atoms with Crippen molar-refractivity contribution in [3.05, 3.63) is 176 Å². The van der Waals surface area contributed by atoms with Gasteiger partial charge in [-0.2, -0.15) is 15.8 Å². The van der Waals surface area contributed by atoms with E-state index in [0.717, 1.165) is 33.4 Å². The average molecular weight is 1000 g/mol. The van der Waals surface area contributed by atoms with Gasteiger partial charge in [0, 0.05) is 52.0 Å². The Labute approximate surface area is 448 Å². The topological polar surface area (TPSA) is 169 Å². The zero-order chi connectivity index (χ0) is 56.5. The standard InChI is InChI=1S/3C22H26N2O/c3*1-21(2,3)17-11-16(20(25)18(12-17)22(4,5)6)14-24-19-10-8-7-9-15(19)13-23/h3*7-12,14,25H,1-6H3. The van der Waals surface area contributed by atoms with Gasteiger partial charge in [0.25, 0.3) is 0 Å². The lowest BCUT2D eigenvalue weighted by molar-refractivity contribution is 0.443. The van der Waals surface area contributed by atoms with Crippen LogP contribution in [0.3, 0.4) is 0 Å². The number of benzene rings is 6. The van der Waals surface area contributed by atoms with Gasteiger partial charge in [-0.25, -0.2) is 0 Å². The number of hydrogen-bond acceptors (Lipinski definition) is 9. The van der Waals surface area contributed by atoms with E-state index in [1.54, 1.807) is 55.0 Å². The third-order valence-electron chi connectivity index (χ3n) is 12.5. The molecule has 75 heavy (non-hydrogen) atoms. The van der Waals surface area contributed by atoms with Gasteiger partial charge in [0.15, 0.2) is 0 Å². The van der Waals surface area contributed by atoms with Crippen LogP contribution in [0.5, 0.6) is 17.2 Å². The van der Waals surface area contributed by atoms with Gasteiger partial charge < -0.3 is 15.3 Å². The average Bonchev–Trinajstić information content (AvgIpc) is 3.31. The Morgan fingerprint density at radius 2 is 0.547 bits per heavy atom. The maximum atomic E-state index is 10.8. The van der Waals surface area contributed by atoms with Gasteiger partial charge in [0.05, 0.1) is 33.8 Å². The van der Waals surface area contributed by atoms with Gasteiger partial charge in [-0.05, 0) is 104 Å². The Morgan fingerprint density at radius 1 is 0.333 bits per heavy atom. The molecule has 0 fully saturated rings. The molecule has 0 aliphatic carbocycles. The fourth-order valence-electron chi connectivity index (χ4n) is 7.74. The summed E-state index contributed by atoms with van der Waals surface area (Å²) < 4.78 is 0. The Balaban J connectivity index is 0.000000243. The molecule has 6 aromatic carbocycles. The van der Waals surface area contributed by atoms with Crippen molar-refractivity contribution in [1.82, 2.24) is 0 Å². The fourth-order valence-corrected chi connectivity index (χ4v) is 7.74. The van der Waals surface area contributed by atoms with Crippen molar-refractivity contribution in [3.8, 4) is 35.5 Å². The second-order valence-electron chi connectivity index (χ2n) is 25.0. The minimum Gasteiger partial charge on any atom is -0.507 e. The van der Waals surface area contributed by atoms with Crippen molar-refractivity contribution in [2.24, 2.45) is 15.0 Å². The predicted octanol–water partition coefficient (Wildman–Crippen LogP) is 16.8. The summed E-state index contributed by atoms with van der Waals surface area (Å²) in [5.74, 6) is 0.746. The zero-order valence-corrected chi connectivity index (χ0v) is 47.6. The summed E-state index contributed by atoms with van der Waals surface area (Å²) in [5.41, 5.74) is 10.8. The van der Waals surface area contributed by atoms with E-state index >= 15 is 0 Å². The maximum Gasteiger partial charge on any atom is 0.128 e. The molecule has 9 nitrogen and oxygen atoms in total. The van der Waals surface area contributed by atoms with Crippen molar-refractivity contribution in [2.75, 3.05) is 0 Å². The number of nitriles is 3. The Bertz CT molecular complexity index is 2880. The summed E-state index contributed by atoms with van der Waals surface area (Å²) >= 11 is 0. The molecule has 0 saturated heterocycles. The van der Waals surface area contributed by atoms with Crippen LogP contribution < -0.4 is 0 Å². The van der Waals surface area contributed by atoms with Crippen LogP contribution in [-0.4, -0.2) is 34.0 Å². The number of phenolic OH excluding ortho intramolecular Hbond substituents is 3. The summed E-state index contributed by atoms with van der Waals surface area (Å²) in [5, 5.41) is 59.9. The summed E-state index contributed by atoms with van der Waals surface area (Å²) in [4.78, 5) is 13.3. The highest BCUT2D eigenvalue weighted by Crippen LogP contribution is 2.40. The monoisotopic (exact) mass is 1000 g/mol. The van der Waals surface area contributed by atoms with Crippen LogP contribution in [0.15, 0.2) is 124 Å². The smallest absolute Gasteiger partial charge is 0.128 e. The molecule has 0 aliphatic rings. The number of rotatable bonds is 6. The van der Waals surface area contributed by atoms with Crippen molar-refractivity contribution in [2.45, 2.75) is 157 Å².